The van der Waals surface area contributed by atoms with Gasteiger partial charge in [0.25, 0.3) is 0 Å². The van der Waals surface area contributed by atoms with Crippen LogP contribution in [0.4, 0.5) is 0 Å². The van der Waals surface area contributed by atoms with Gasteiger partial charge in [0.05, 0.1) is 19.8 Å². The van der Waals surface area contributed by atoms with Crippen molar-refractivity contribution in [3.8, 4) is 0 Å². The third-order valence-corrected chi connectivity index (χ3v) is 5.95. The van der Waals surface area contributed by atoms with Crippen molar-refractivity contribution >= 4 is 19.5 Å². The summed E-state index contributed by atoms with van der Waals surface area (Å²) < 4.78 is 33.8. The molecule has 2 heterocycles. The summed E-state index contributed by atoms with van der Waals surface area (Å²) in [5.41, 5.74) is -0.595. The molecule has 0 aromatic carbocycles. The van der Waals surface area contributed by atoms with Crippen LogP contribution in [0.5, 0.6) is 0 Å². The fourth-order valence-corrected chi connectivity index (χ4v) is 4.71. The van der Waals surface area contributed by atoms with Gasteiger partial charge in [-0.15, -0.1) is 0 Å². The first-order chi connectivity index (χ1) is 11.8. The van der Waals surface area contributed by atoms with E-state index in [1.807, 2.05) is 13.8 Å². The largest absolute Gasteiger partial charge is 0.469 e. The summed E-state index contributed by atoms with van der Waals surface area (Å²) in [6.07, 6.45) is 1.72. The zero-order valence-corrected chi connectivity index (χ0v) is 16.0. The molecule has 8 nitrogen and oxygen atoms in total. The number of carbonyl (C=O) groups excluding carboxylic acids is 2. The quantitative estimate of drug-likeness (QED) is 0.508. The minimum atomic E-state index is -3.56. The first-order valence-corrected chi connectivity index (χ1v) is 10.2. The lowest BCUT2D eigenvalue weighted by Gasteiger charge is -2.40. The highest BCUT2D eigenvalue weighted by atomic mass is 31.2. The molecule has 0 bridgehead atoms. The average Bonchev–Trinajstić information content (AvgIpc) is 3.09. The molecule has 0 radical (unpaired) electrons. The number of rotatable bonds is 8. The fraction of sp³-hybridized carbons (Fsp3) is 0.875. The van der Waals surface area contributed by atoms with Gasteiger partial charge in [-0.2, -0.15) is 0 Å². The first kappa shape index (κ1) is 20.5. The summed E-state index contributed by atoms with van der Waals surface area (Å²) in [6.45, 7) is 4.88. The highest BCUT2D eigenvalue weighted by Gasteiger charge is 2.47. The van der Waals surface area contributed by atoms with Crippen molar-refractivity contribution in [3.63, 3.8) is 0 Å². The second-order valence-corrected chi connectivity index (χ2v) is 8.92. The van der Waals surface area contributed by atoms with E-state index in [-0.39, 0.29) is 37.3 Å². The molecular formula is C16H28NO7P. The monoisotopic (exact) mass is 377 g/mol. The lowest BCUT2D eigenvalue weighted by molar-refractivity contribution is -0.141. The van der Waals surface area contributed by atoms with Crippen LogP contribution < -0.4 is 5.09 Å². The van der Waals surface area contributed by atoms with E-state index in [0.717, 1.165) is 12.8 Å². The lowest BCUT2D eigenvalue weighted by Crippen LogP contribution is -2.46. The van der Waals surface area contributed by atoms with Crippen molar-refractivity contribution in [2.45, 2.75) is 58.2 Å². The van der Waals surface area contributed by atoms with Crippen molar-refractivity contribution in [2.75, 3.05) is 26.9 Å². The number of nitrogens with one attached hydrogen (secondary N) is 1. The van der Waals surface area contributed by atoms with E-state index in [4.69, 9.17) is 13.8 Å². The van der Waals surface area contributed by atoms with E-state index in [9.17, 15) is 14.2 Å². The number of ketones is 1. The maximum atomic E-state index is 12.8. The number of methoxy groups -OCH3 is 1. The van der Waals surface area contributed by atoms with Crippen molar-refractivity contribution in [1.82, 2.24) is 5.09 Å². The molecule has 1 N–H and O–H groups in total. The Labute approximate surface area is 148 Å². The molecule has 0 aliphatic carbocycles. The Morgan fingerprint density at radius 3 is 2.72 bits per heavy atom. The number of carbonyl (C=O) groups is 2. The normalized spacial score (nSPS) is 31.6. The minimum Gasteiger partial charge on any atom is -0.469 e. The predicted molar refractivity (Wildman–Crippen MR) is 90.1 cm³/mol. The van der Waals surface area contributed by atoms with Crippen LogP contribution in [0.3, 0.4) is 0 Å². The lowest BCUT2D eigenvalue weighted by atomic mass is 9.84. The molecule has 2 saturated heterocycles. The summed E-state index contributed by atoms with van der Waals surface area (Å²) >= 11 is 0. The van der Waals surface area contributed by atoms with Gasteiger partial charge in [0, 0.05) is 31.4 Å². The Hall–Kier alpha value is -0.790. The van der Waals surface area contributed by atoms with Gasteiger partial charge in [-0.25, -0.2) is 9.65 Å². The number of hydrogen-bond donors (Lipinski definition) is 1. The van der Waals surface area contributed by atoms with Gasteiger partial charge in [0.15, 0.2) is 5.78 Å². The van der Waals surface area contributed by atoms with Gasteiger partial charge in [0.1, 0.15) is 6.10 Å². The second kappa shape index (κ2) is 8.73. The molecule has 2 aliphatic rings. The highest BCUT2D eigenvalue weighted by molar-refractivity contribution is 7.51. The van der Waals surface area contributed by atoms with Crippen LogP contribution in [0.25, 0.3) is 0 Å². The molecule has 2 fully saturated rings. The van der Waals surface area contributed by atoms with Gasteiger partial charge in [-0.1, -0.05) is 13.8 Å². The van der Waals surface area contributed by atoms with Gasteiger partial charge in [-0.05, 0) is 19.3 Å². The third kappa shape index (κ3) is 5.86. The van der Waals surface area contributed by atoms with Crippen LogP contribution in [-0.4, -0.2) is 50.8 Å². The van der Waals surface area contributed by atoms with Gasteiger partial charge in [0.2, 0.25) is 0 Å². The van der Waals surface area contributed by atoms with Crippen molar-refractivity contribution in [1.29, 1.82) is 0 Å². The molecule has 0 amide bonds. The number of Topliss-reactive ketones (excluding diaryl/α,β-unsaturated/α-hetero) is 1. The average molecular weight is 377 g/mol. The van der Waals surface area contributed by atoms with Gasteiger partial charge < -0.3 is 9.47 Å². The Balaban J connectivity index is 1.90. The summed E-state index contributed by atoms with van der Waals surface area (Å²) in [4.78, 5) is 23.7. The molecule has 0 saturated carbocycles. The molecular weight excluding hydrogens is 349 g/mol. The zero-order valence-electron chi connectivity index (χ0n) is 15.1. The van der Waals surface area contributed by atoms with Crippen molar-refractivity contribution < 1.29 is 32.7 Å². The van der Waals surface area contributed by atoms with E-state index in [2.05, 4.69) is 9.82 Å². The Bertz CT molecular complexity index is 531. The SMILES string of the molecule is COC(=O)CCCC(=O)[C@@H]1O[P@@](=O)(NCC2CCCO2)OCC1(C)C. The summed E-state index contributed by atoms with van der Waals surface area (Å²) in [5, 5.41) is 2.81. The second-order valence-electron chi connectivity index (χ2n) is 7.14. The van der Waals surface area contributed by atoms with Crippen LogP contribution in [0.2, 0.25) is 0 Å². The van der Waals surface area contributed by atoms with E-state index in [1.54, 1.807) is 0 Å². The first-order valence-electron chi connectivity index (χ1n) is 8.65. The maximum Gasteiger partial charge on any atom is 0.406 e. The molecule has 2 aliphatic heterocycles. The molecule has 3 atom stereocenters. The van der Waals surface area contributed by atoms with Crippen LogP contribution in [0.15, 0.2) is 0 Å². The van der Waals surface area contributed by atoms with E-state index >= 15 is 0 Å². The number of esters is 1. The molecule has 0 aromatic heterocycles. The summed E-state index contributed by atoms with van der Waals surface area (Å²) in [5.74, 6) is -0.541. The fourth-order valence-electron chi connectivity index (χ4n) is 2.88. The van der Waals surface area contributed by atoms with E-state index in [0.29, 0.717) is 19.6 Å². The van der Waals surface area contributed by atoms with Crippen LogP contribution in [0, 0.1) is 5.41 Å². The van der Waals surface area contributed by atoms with Crippen molar-refractivity contribution in [3.05, 3.63) is 0 Å². The summed E-state index contributed by atoms with van der Waals surface area (Å²) in [6, 6.07) is 0. The van der Waals surface area contributed by atoms with Crippen LogP contribution in [-0.2, 0) is 32.7 Å². The third-order valence-electron chi connectivity index (χ3n) is 4.42. The minimum absolute atomic E-state index is 0.0119. The topological polar surface area (TPSA) is 100 Å². The molecule has 2 rings (SSSR count). The Morgan fingerprint density at radius 2 is 2.08 bits per heavy atom. The molecule has 144 valence electrons. The van der Waals surface area contributed by atoms with Gasteiger partial charge in [-0.3, -0.25) is 18.6 Å². The molecule has 9 heteroatoms. The zero-order chi connectivity index (χ0) is 18.5. The standard InChI is InChI=1S/C16H28NO7P/c1-16(2)11-23-25(20,17-10-12-6-5-9-22-12)24-15(16)13(18)7-4-8-14(19)21-3/h12,15H,4-11H2,1-3H3,(H,17,20)/t12?,15-,25+/m0/s1. The molecule has 0 aromatic rings. The van der Waals surface area contributed by atoms with Crippen LogP contribution in [0.1, 0.15) is 46.0 Å². The van der Waals surface area contributed by atoms with E-state index in [1.165, 1.54) is 7.11 Å². The van der Waals surface area contributed by atoms with Gasteiger partial charge >= 0.3 is 13.7 Å². The van der Waals surface area contributed by atoms with Crippen LogP contribution >= 0.6 is 7.75 Å². The molecule has 25 heavy (non-hydrogen) atoms. The van der Waals surface area contributed by atoms with Crippen molar-refractivity contribution in [2.24, 2.45) is 5.41 Å². The molecule has 1 unspecified atom stereocenters. The Kier molecular flexibility index (Phi) is 7.17. The maximum absolute atomic E-state index is 12.8. The summed E-state index contributed by atoms with van der Waals surface area (Å²) in [7, 11) is -2.24. The van der Waals surface area contributed by atoms with E-state index < -0.39 is 19.3 Å². The Morgan fingerprint density at radius 1 is 1.32 bits per heavy atom. The highest BCUT2D eigenvalue weighted by Crippen LogP contribution is 2.53. The number of hydrogen-bond acceptors (Lipinski definition) is 7. The molecule has 0 spiro atoms. The smallest absolute Gasteiger partial charge is 0.406 e. The number of ether oxygens (including phenoxy) is 2. The predicted octanol–water partition coefficient (Wildman–Crippen LogP) is 2.22.